The van der Waals surface area contributed by atoms with Crippen LogP contribution in [0.25, 0.3) is 27.9 Å². The second-order valence-corrected chi connectivity index (χ2v) is 10.4. The summed E-state index contributed by atoms with van der Waals surface area (Å²) in [5.41, 5.74) is 12.5. The van der Waals surface area contributed by atoms with E-state index in [1.807, 2.05) is 12.1 Å². The van der Waals surface area contributed by atoms with Crippen LogP contribution < -0.4 is 5.73 Å². The Bertz CT molecular complexity index is 1200. The van der Waals surface area contributed by atoms with Crippen molar-refractivity contribution >= 4 is 16.6 Å². The summed E-state index contributed by atoms with van der Waals surface area (Å²) in [6.07, 6.45) is 9.06. The Labute approximate surface area is 194 Å². The summed E-state index contributed by atoms with van der Waals surface area (Å²) < 4.78 is 21.1. The van der Waals surface area contributed by atoms with Gasteiger partial charge in [0.05, 0.1) is 23.7 Å². The third-order valence-electron chi connectivity index (χ3n) is 8.12. The van der Waals surface area contributed by atoms with Crippen LogP contribution in [-0.2, 0) is 11.2 Å². The van der Waals surface area contributed by atoms with Gasteiger partial charge >= 0.3 is 0 Å². The van der Waals surface area contributed by atoms with Gasteiger partial charge in [0, 0.05) is 23.4 Å². The minimum absolute atomic E-state index is 0.272. The normalized spacial score (nSPS) is 29.4. The summed E-state index contributed by atoms with van der Waals surface area (Å²) in [5.74, 6) is 1.56. The molecule has 0 amide bonds. The van der Waals surface area contributed by atoms with Crippen molar-refractivity contribution in [3.05, 3.63) is 59.5 Å². The molecule has 4 nitrogen and oxygen atoms in total. The molecule has 1 aromatic carbocycles. The zero-order chi connectivity index (χ0) is 22.5. The van der Waals surface area contributed by atoms with Crippen LogP contribution in [0.3, 0.4) is 0 Å². The number of hydrogen-bond donors (Lipinski definition) is 2. The second-order valence-electron chi connectivity index (χ2n) is 10.4. The maximum absolute atomic E-state index is 15.0. The molecule has 1 aliphatic heterocycles. The lowest BCUT2D eigenvalue weighted by molar-refractivity contribution is 0.0705. The summed E-state index contributed by atoms with van der Waals surface area (Å²) in [6.45, 7) is 3.13. The number of nitrogens with one attached hydrogen (secondary N) is 1. The summed E-state index contributed by atoms with van der Waals surface area (Å²) in [6, 6.07) is 12.1. The van der Waals surface area contributed by atoms with Crippen molar-refractivity contribution in [2.45, 2.75) is 57.6 Å². The highest BCUT2D eigenvalue weighted by Gasteiger charge is 2.44. The molecule has 5 heteroatoms. The van der Waals surface area contributed by atoms with Gasteiger partial charge < -0.3 is 15.5 Å². The number of benzene rings is 1. The molecular formula is C28H32FN3O. The number of fused-ring (bicyclic) bond motifs is 2. The van der Waals surface area contributed by atoms with Gasteiger partial charge in [-0.05, 0) is 73.5 Å². The smallest absolute Gasteiger partial charge is 0.151 e. The molecule has 3 aliphatic rings. The number of H-pyrrole nitrogens is 1. The van der Waals surface area contributed by atoms with E-state index in [0.29, 0.717) is 29.6 Å². The fourth-order valence-electron chi connectivity index (χ4n) is 6.21. The lowest BCUT2D eigenvalue weighted by Crippen LogP contribution is -2.21. The first-order valence-electron chi connectivity index (χ1n) is 12.4. The molecule has 1 saturated heterocycles. The molecule has 33 heavy (non-hydrogen) atoms. The molecular weight excluding hydrogens is 413 g/mol. The fourth-order valence-corrected chi connectivity index (χ4v) is 6.21. The molecule has 3 N–H and O–H groups in total. The first-order chi connectivity index (χ1) is 16.0. The zero-order valence-corrected chi connectivity index (χ0v) is 19.2. The van der Waals surface area contributed by atoms with Crippen molar-refractivity contribution in [1.82, 2.24) is 9.97 Å². The lowest BCUT2D eigenvalue weighted by Gasteiger charge is -2.18. The molecule has 172 valence electrons. The third-order valence-corrected chi connectivity index (χ3v) is 8.12. The molecule has 3 heterocycles. The highest BCUT2D eigenvalue weighted by atomic mass is 19.1. The predicted molar refractivity (Wildman–Crippen MR) is 130 cm³/mol. The van der Waals surface area contributed by atoms with Gasteiger partial charge in [-0.15, -0.1) is 0 Å². The van der Waals surface area contributed by atoms with Crippen LogP contribution in [0.2, 0.25) is 0 Å². The molecule has 5 unspecified atom stereocenters. The Morgan fingerprint density at radius 3 is 2.73 bits per heavy atom. The number of nitrogens with two attached hydrogens (primary N) is 1. The number of ether oxygens (including phenoxy) is 1. The van der Waals surface area contributed by atoms with E-state index >= 15 is 4.39 Å². The number of allylic oxidation sites excluding steroid dienone is 1. The summed E-state index contributed by atoms with van der Waals surface area (Å²) >= 11 is 0. The first kappa shape index (κ1) is 21.1. The zero-order valence-electron chi connectivity index (χ0n) is 19.2. The van der Waals surface area contributed by atoms with E-state index < -0.39 is 0 Å². The topological polar surface area (TPSA) is 63.9 Å². The van der Waals surface area contributed by atoms with E-state index in [9.17, 15) is 0 Å². The predicted octanol–water partition coefficient (Wildman–Crippen LogP) is 5.87. The minimum atomic E-state index is -0.291. The highest BCUT2D eigenvalue weighted by molar-refractivity contribution is 5.80. The van der Waals surface area contributed by atoms with Gasteiger partial charge in [0.15, 0.2) is 5.82 Å². The minimum Gasteiger partial charge on any atom is -0.377 e. The van der Waals surface area contributed by atoms with Gasteiger partial charge in [0.2, 0.25) is 0 Å². The van der Waals surface area contributed by atoms with Crippen LogP contribution in [0.15, 0.2) is 42.5 Å². The van der Waals surface area contributed by atoms with Gasteiger partial charge in [-0.3, -0.25) is 0 Å². The van der Waals surface area contributed by atoms with E-state index in [2.05, 4.69) is 36.2 Å². The molecule has 6 rings (SSSR count). The fraction of sp³-hybridized carbons (Fsp3) is 0.464. The molecule has 2 fully saturated rings. The third kappa shape index (κ3) is 3.91. The molecule has 3 aromatic rings. The Kier molecular flexibility index (Phi) is 5.34. The van der Waals surface area contributed by atoms with Crippen molar-refractivity contribution in [3.8, 4) is 11.3 Å². The summed E-state index contributed by atoms with van der Waals surface area (Å²) in [5, 5.41) is 0. The Balaban J connectivity index is 1.23. The molecule has 1 saturated carbocycles. The summed E-state index contributed by atoms with van der Waals surface area (Å²) in [4.78, 5) is 8.12. The van der Waals surface area contributed by atoms with Crippen LogP contribution in [0.5, 0.6) is 0 Å². The van der Waals surface area contributed by atoms with Crippen molar-refractivity contribution in [3.63, 3.8) is 0 Å². The van der Waals surface area contributed by atoms with Crippen LogP contribution in [0, 0.1) is 23.6 Å². The molecule has 0 bridgehead atoms. The van der Waals surface area contributed by atoms with E-state index in [4.69, 9.17) is 15.5 Å². The monoisotopic (exact) mass is 445 g/mol. The lowest BCUT2D eigenvalue weighted by atomic mass is 9.88. The Hall–Kier alpha value is -2.50. The maximum atomic E-state index is 15.0. The number of pyridine rings is 1. The van der Waals surface area contributed by atoms with Crippen LogP contribution in [-0.4, -0.2) is 28.7 Å². The van der Waals surface area contributed by atoms with E-state index in [1.165, 1.54) is 24.0 Å². The molecule has 2 aromatic heterocycles. The first-order valence-corrected chi connectivity index (χ1v) is 12.4. The number of aromatic nitrogens is 2. The van der Waals surface area contributed by atoms with Gasteiger partial charge in [0.25, 0.3) is 0 Å². The van der Waals surface area contributed by atoms with Crippen LogP contribution >= 0.6 is 0 Å². The van der Waals surface area contributed by atoms with Crippen molar-refractivity contribution in [2.75, 3.05) is 6.61 Å². The molecule has 0 spiro atoms. The summed E-state index contributed by atoms with van der Waals surface area (Å²) in [7, 11) is 0. The Morgan fingerprint density at radius 1 is 1.12 bits per heavy atom. The number of halogens is 1. The number of aromatic amines is 1. The quantitative estimate of drug-likeness (QED) is 0.528. The SMILES string of the molecule is CC1CCC2C(Cc3cc4nc(-c5ccc(C6=CCC(N)CC6)cc5)c(F)cc4[nH]3)COC12. The standard InChI is InChI=1S/C28H32FN3O/c1-16-2-11-23-20(15-33-28(16)23)12-22-13-25-26(31-22)14-24(29)27(32-25)19-5-3-17(4-6-19)18-7-9-21(30)10-8-18/h3-7,13-14,16,20-21,23,28,31H,2,8-12,15,30H2,1H3. The largest absolute Gasteiger partial charge is 0.377 e. The van der Waals surface area contributed by atoms with E-state index in [1.54, 1.807) is 6.07 Å². The Morgan fingerprint density at radius 2 is 1.94 bits per heavy atom. The van der Waals surface area contributed by atoms with Gasteiger partial charge in [-0.2, -0.15) is 0 Å². The highest BCUT2D eigenvalue weighted by Crippen LogP contribution is 2.44. The average Bonchev–Trinajstić information content (AvgIpc) is 3.51. The van der Waals surface area contributed by atoms with Gasteiger partial charge in [0.1, 0.15) is 5.69 Å². The van der Waals surface area contributed by atoms with E-state index in [0.717, 1.165) is 54.6 Å². The molecule has 0 radical (unpaired) electrons. The van der Waals surface area contributed by atoms with Gasteiger partial charge in [-0.1, -0.05) is 37.3 Å². The number of hydrogen-bond acceptors (Lipinski definition) is 3. The molecule has 5 atom stereocenters. The van der Waals surface area contributed by atoms with Gasteiger partial charge in [-0.25, -0.2) is 9.37 Å². The van der Waals surface area contributed by atoms with Crippen molar-refractivity contribution in [2.24, 2.45) is 23.5 Å². The second kappa shape index (κ2) is 8.37. The number of rotatable bonds is 4. The van der Waals surface area contributed by atoms with Crippen molar-refractivity contribution < 1.29 is 9.13 Å². The molecule has 2 aliphatic carbocycles. The van der Waals surface area contributed by atoms with Crippen LogP contribution in [0.4, 0.5) is 4.39 Å². The van der Waals surface area contributed by atoms with E-state index in [-0.39, 0.29) is 11.9 Å². The number of nitrogens with zero attached hydrogens (tertiary/aromatic N) is 1. The average molecular weight is 446 g/mol. The van der Waals surface area contributed by atoms with Crippen molar-refractivity contribution in [1.29, 1.82) is 0 Å². The maximum Gasteiger partial charge on any atom is 0.151 e. The van der Waals surface area contributed by atoms with Crippen LogP contribution in [0.1, 0.15) is 50.3 Å².